The Labute approximate surface area is 126 Å². The monoisotopic (exact) mass is 292 g/mol. The summed E-state index contributed by atoms with van der Waals surface area (Å²) in [6.45, 7) is 3.87. The van der Waals surface area contributed by atoms with Crippen LogP contribution in [0.15, 0.2) is 12.2 Å². The van der Waals surface area contributed by atoms with E-state index in [1.807, 2.05) is 0 Å². The summed E-state index contributed by atoms with van der Waals surface area (Å²) in [6.07, 6.45) is 9.06. The van der Waals surface area contributed by atoms with Crippen molar-refractivity contribution in [2.45, 2.75) is 46.0 Å². The Hall–Kier alpha value is -1.76. The van der Waals surface area contributed by atoms with Gasteiger partial charge < -0.3 is 9.47 Å². The Morgan fingerprint density at radius 1 is 1.10 bits per heavy atom. The molecule has 0 unspecified atom stereocenters. The van der Waals surface area contributed by atoms with Crippen LogP contribution in [-0.4, -0.2) is 25.2 Å². The molecule has 1 aliphatic rings. The first-order chi connectivity index (χ1) is 10.2. The summed E-state index contributed by atoms with van der Waals surface area (Å²) in [5.74, 6) is 4.34. The molecule has 0 bridgehead atoms. The van der Waals surface area contributed by atoms with Gasteiger partial charge in [-0.05, 0) is 32.8 Å². The van der Waals surface area contributed by atoms with E-state index in [0.29, 0.717) is 5.92 Å². The minimum absolute atomic E-state index is 0.232. The lowest BCUT2D eigenvalue weighted by molar-refractivity contribution is -0.158. The topological polar surface area (TPSA) is 52.6 Å². The van der Waals surface area contributed by atoms with Crippen LogP contribution in [0.1, 0.15) is 46.0 Å². The Kier molecular flexibility index (Phi) is 8.27. The first kappa shape index (κ1) is 17.3. The van der Waals surface area contributed by atoms with Gasteiger partial charge >= 0.3 is 11.9 Å². The number of carbonyl (C=O) groups is 2. The second kappa shape index (κ2) is 10.0. The molecule has 0 aliphatic heterocycles. The van der Waals surface area contributed by atoms with Crippen LogP contribution in [0.25, 0.3) is 0 Å². The second-order valence-corrected chi connectivity index (χ2v) is 4.96. The van der Waals surface area contributed by atoms with Gasteiger partial charge in [0.1, 0.15) is 0 Å². The number of rotatable bonds is 5. The molecule has 1 rings (SSSR count). The SMILES string of the molecule is CCOC(=O)C(/C=C/C#CC1CCCCC1)C(=O)OCC. The quantitative estimate of drug-likeness (QED) is 0.444. The molecule has 0 radical (unpaired) electrons. The number of ether oxygens (including phenoxy) is 2. The normalized spacial score (nSPS) is 15.6. The predicted octanol–water partition coefficient (Wildman–Crippen LogP) is 2.87. The Morgan fingerprint density at radius 3 is 2.19 bits per heavy atom. The van der Waals surface area contributed by atoms with Gasteiger partial charge in [-0.2, -0.15) is 0 Å². The molecule has 1 aliphatic carbocycles. The highest BCUT2D eigenvalue weighted by Gasteiger charge is 2.26. The van der Waals surface area contributed by atoms with E-state index in [1.54, 1.807) is 19.9 Å². The fourth-order valence-electron chi connectivity index (χ4n) is 2.27. The van der Waals surface area contributed by atoms with E-state index in [1.165, 1.54) is 25.3 Å². The summed E-state index contributed by atoms with van der Waals surface area (Å²) in [4.78, 5) is 23.5. The lowest BCUT2D eigenvalue weighted by atomic mass is 9.90. The predicted molar refractivity (Wildman–Crippen MR) is 80.2 cm³/mol. The summed E-state index contributed by atoms with van der Waals surface area (Å²) in [7, 11) is 0. The van der Waals surface area contributed by atoms with Gasteiger partial charge in [-0.25, -0.2) is 0 Å². The van der Waals surface area contributed by atoms with Crippen molar-refractivity contribution in [3.05, 3.63) is 12.2 Å². The van der Waals surface area contributed by atoms with Gasteiger partial charge in [-0.15, -0.1) is 0 Å². The fraction of sp³-hybridized carbons (Fsp3) is 0.647. The van der Waals surface area contributed by atoms with Crippen molar-refractivity contribution in [2.24, 2.45) is 11.8 Å². The van der Waals surface area contributed by atoms with Crippen molar-refractivity contribution in [1.29, 1.82) is 0 Å². The molecule has 0 aromatic heterocycles. The van der Waals surface area contributed by atoms with Gasteiger partial charge in [0.25, 0.3) is 0 Å². The van der Waals surface area contributed by atoms with Gasteiger partial charge in [0.2, 0.25) is 0 Å². The molecule has 116 valence electrons. The van der Waals surface area contributed by atoms with E-state index in [0.717, 1.165) is 12.8 Å². The Bertz CT molecular complexity index is 404. The van der Waals surface area contributed by atoms with Gasteiger partial charge in [0.15, 0.2) is 5.92 Å². The van der Waals surface area contributed by atoms with Crippen LogP contribution in [0.2, 0.25) is 0 Å². The van der Waals surface area contributed by atoms with E-state index >= 15 is 0 Å². The molecule has 0 N–H and O–H groups in total. The molecular weight excluding hydrogens is 268 g/mol. The average molecular weight is 292 g/mol. The summed E-state index contributed by atoms with van der Waals surface area (Å²) in [6, 6.07) is 0. The van der Waals surface area contributed by atoms with E-state index in [-0.39, 0.29) is 13.2 Å². The third-order valence-corrected chi connectivity index (χ3v) is 3.35. The third-order valence-electron chi connectivity index (χ3n) is 3.35. The number of allylic oxidation sites excluding steroid dienone is 1. The molecular formula is C17H24O4. The summed E-state index contributed by atoms with van der Waals surface area (Å²) >= 11 is 0. The number of hydrogen-bond acceptors (Lipinski definition) is 4. The summed E-state index contributed by atoms with van der Waals surface area (Å²) < 4.78 is 9.76. The van der Waals surface area contributed by atoms with Crippen LogP contribution < -0.4 is 0 Å². The molecule has 0 saturated heterocycles. The highest BCUT2D eigenvalue weighted by molar-refractivity contribution is 5.97. The van der Waals surface area contributed by atoms with Crippen molar-refractivity contribution in [3.8, 4) is 11.8 Å². The molecule has 4 nitrogen and oxygen atoms in total. The highest BCUT2D eigenvalue weighted by Crippen LogP contribution is 2.22. The summed E-state index contributed by atoms with van der Waals surface area (Å²) in [5.41, 5.74) is 0. The molecule has 0 heterocycles. The lowest BCUT2D eigenvalue weighted by Gasteiger charge is -2.15. The maximum atomic E-state index is 11.7. The Balaban J connectivity index is 2.62. The first-order valence-corrected chi connectivity index (χ1v) is 7.70. The maximum Gasteiger partial charge on any atom is 0.324 e. The van der Waals surface area contributed by atoms with E-state index in [4.69, 9.17) is 9.47 Å². The molecule has 4 heteroatoms. The van der Waals surface area contributed by atoms with Crippen LogP contribution in [0.3, 0.4) is 0 Å². The van der Waals surface area contributed by atoms with E-state index < -0.39 is 17.9 Å². The molecule has 0 amide bonds. The molecule has 0 aromatic rings. The van der Waals surface area contributed by atoms with Crippen LogP contribution in [-0.2, 0) is 19.1 Å². The van der Waals surface area contributed by atoms with E-state index in [2.05, 4.69) is 11.8 Å². The number of esters is 2. The van der Waals surface area contributed by atoms with Gasteiger partial charge in [-0.3, -0.25) is 9.59 Å². The van der Waals surface area contributed by atoms with Gasteiger partial charge in [0, 0.05) is 5.92 Å². The van der Waals surface area contributed by atoms with Crippen molar-refractivity contribution in [3.63, 3.8) is 0 Å². The lowest BCUT2D eigenvalue weighted by Crippen LogP contribution is -2.26. The molecule has 1 saturated carbocycles. The Morgan fingerprint density at radius 2 is 1.67 bits per heavy atom. The largest absolute Gasteiger partial charge is 0.465 e. The zero-order chi connectivity index (χ0) is 15.5. The molecule has 21 heavy (non-hydrogen) atoms. The fourth-order valence-corrected chi connectivity index (χ4v) is 2.27. The van der Waals surface area contributed by atoms with Crippen molar-refractivity contribution >= 4 is 11.9 Å². The maximum absolute atomic E-state index is 11.7. The number of carbonyl (C=O) groups excluding carboxylic acids is 2. The zero-order valence-electron chi connectivity index (χ0n) is 12.9. The molecule has 0 spiro atoms. The summed E-state index contributed by atoms with van der Waals surface area (Å²) in [5, 5.41) is 0. The van der Waals surface area contributed by atoms with Gasteiger partial charge in [0.05, 0.1) is 13.2 Å². The third kappa shape index (κ3) is 6.48. The first-order valence-electron chi connectivity index (χ1n) is 7.70. The second-order valence-electron chi connectivity index (χ2n) is 4.96. The number of hydrogen-bond donors (Lipinski definition) is 0. The van der Waals surface area contributed by atoms with Crippen molar-refractivity contribution in [1.82, 2.24) is 0 Å². The van der Waals surface area contributed by atoms with Crippen LogP contribution >= 0.6 is 0 Å². The highest BCUT2D eigenvalue weighted by atomic mass is 16.6. The zero-order valence-corrected chi connectivity index (χ0v) is 12.9. The minimum atomic E-state index is -1.02. The van der Waals surface area contributed by atoms with Crippen molar-refractivity contribution < 1.29 is 19.1 Å². The molecule has 0 aromatic carbocycles. The van der Waals surface area contributed by atoms with Gasteiger partial charge in [-0.1, -0.05) is 37.2 Å². The van der Waals surface area contributed by atoms with Crippen LogP contribution in [0.5, 0.6) is 0 Å². The molecule has 1 fully saturated rings. The minimum Gasteiger partial charge on any atom is -0.465 e. The van der Waals surface area contributed by atoms with Crippen molar-refractivity contribution in [2.75, 3.05) is 13.2 Å². The standard InChI is InChI=1S/C17H24O4/c1-3-20-16(18)15(17(19)21-4-2)13-9-8-12-14-10-6-5-7-11-14/h9,13-15H,3-7,10-11H2,1-2H3/b13-9+. The smallest absolute Gasteiger partial charge is 0.324 e. The van der Waals surface area contributed by atoms with Crippen LogP contribution in [0.4, 0.5) is 0 Å². The van der Waals surface area contributed by atoms with Crippen LogP contribution in [0, 0.1) is 23.7 Å². The molecule has 0 atom stereocenters. The van der Waals surface area contributed by atoms with E-state index in [9.17, 15) is 9.59 Å². The average Bonchev–Trinajstić information content (AvgIpc) is 2.48.